The number of ether oxygens (including phenoxy) is 1. The summed E-state index contributed by atoms with van der Waals surface area (Å²) in [6.07, 6.45) is 0. The van der Waals surface area contributed by atoms with Gasteiger partial charge in [-0.3, -0.25) is 4.72 Å². The van der Waals surface area contributed by atoms with E-state index in [2.05, 4.69) is 9.46 Å². The molecule has 0 aliphatic rings. The van der Waals surface area contributed by atoms with Gasteiger partial charge in [-0.2, -0.15) is 8.78 Å². The number of halogens is 2. The van der Waals surface area contributed by atoms with Gasteiger partial charge in [0.1, 0.15) is 5.75 Å². The summed E-state index contributed by atoms with van der Waals surface area (Å²) in [5, 5.41) is 0. The van der Waals surface area contributed by atoms with E-state index in [-0.39, 0.29) is 11.5 Å². The maximum Gasteiger partial charge on any atom is 0.387 e. The topological polar surface area (TPSA) is 55.4 Å². The number of aryl methyl sites for hydroxylation is 1. The highest BCUT2D eigenvalue weighted by Gasteiger charge is 2.10. The highest BCUT2D eigenvalue weighted by atomic mass is 32.2. The van der Waals surface area contributed by atoms with Crippen molar-refractivity contribution in [3.8, 4) is 5.75 Å². The fourth-order valence-corrected chi connectivity index (χ4v) is 1.87. The third-order valence-electron chi connectivity index (χ3n) is 2.07. The first-order valence-electron chi connectivity index (χ1n) is 4.90. The van der Waals surface area contributed by atoms with Crippen LogP contribution < -0.4 is 9.46 Å². The van der Waals surface area contributed by atoms with E-state index in [0.717, 1.165) is 0 Å². The average molecular weight is 265 g/mol. The monoisotopic (exact) mass is 265 g/mol. The minimum Gasteiger partial charge on any atom is -0.435 e. The molecule has 1 aromatic rings. The number of anilines is 1. The van der Waals surface area contributed by atoms with Gasteiger partial charge in [0, 0.05) is 0 Å². The third-order valence-corrected chi connectivity index (χ3v) is 3.36. The van der Waals surface area contributed by atoms with Gasteiger partial charge in [-0.1, -0.05) is 0 Å². The predicted molar refractivity (Wildman–Crippen MR) is 60.9 cm³/mol. The Morgan fingerprint density at radius 3 is 2.53 bits per heavy atom. The maximum absolute atomic E-state index is 11.9. The van der Waals surface area contributed by atoms with Crippen molar-refractivity contribution >= 4 is 15.7 Å². The molecule has 0 aromatic heterocycles. The van der Waals surface area contributed by atoms with E-state index >= 15 is 0 Å². The number of alkyl halides is 2. The molecule has 0 atom stereocenters. The van der Waals surface area contributed by atoms with Crippen molar-refractivity contribution in [3.63, 3.8) is 0 Å². The molecule has 7 heteroatoms. The summed E-state index contributed by atoms with van der Waals surface area (Å²) in [5.74, 6) is -0.0567. The standard InChI is InChI=1S/C10H13F2NO3S/c1-3-17(14,15)13-9-5-4-8(6-7(9)2)16-10(11)12/h4-6,10,13H,3H2,1-2H3. The van der Waals surface area contributed by atoms with Crippen LogP contribution in [0.1, 0.15) is 12.5 Å². The molecule has 0 aliphatic carbocycles. The van der Waals surface area contributed by atoms with Crippen molar-refractivity contribution in [2.45, 2.75) is 20.5 Å². The summed E-state index contributed by atoms with van der Waals surface area (Å²) >= 11 is 0. The highest BCUT2D eigenvalue weighted by molar-refractivity contribution is 7.92. The fourth-order valence-electron chi connectivity index (χ4n) is 1.17. The van der Waals surface area contributed by atoms with Gasteiger partial charge in [0.2, 0.25) is 10.0 Å². The van der Waals surface area contributed by atoms with Gasteiger partial charge in [-0.25, -0.2) is 8.42 Å². The summed E-state index contributed by atoms with van der Waals surface area (Å²) in [4.78, 5) is 0. The lowest BCUT2D eigenvalue weighted by atomic mass is 10.2. The van der Waals surface area contributed by atoms with E-state index < -0.39 is 16.6 Å². The molecule has 0 saturated heterocycles. The maximum atomic E-state index is 11.9. The lowest BCUT2D eigenvalue weighted by molar-refractivity contribution is -0.0498. The van der Waals surface area contributed by atoms with Gasteiger partial charge >= 0.3 is 6.61 Å². The minimum absolute atomic E-state index is 0.00283. The fraction of sp³-hybridized carbons (Fsp3) is 0.400. The summed E-state index contributed by atoms with van der Waals surface area (Å²) in [6, 6.07) is 4.02. The summed E-state index contributed by atoms with van der Waals surface area (Å²) in [6.45, 7) is 0.213. The van der Waals surface area contributed by atoms with Crippen LogP contribution in [0.4, 0.5) is 14.5 Å². The van der Waals surface area contributed by atoms with Gasteiger partial charge in [0.05, 0.1) is 11.4 Å². The molecule has 0 unspecified atom stereocenters. The average Bonchev–Trinajstić information content (AvgIpc) is 2.21. The first-order chi connectivity index (χ1) is 7.84. The Kier molecular flexibility index (Phi) is 4.28. The first kappa shape index (κ1) is 13.7. The normalized spacial score (nSPS) is 11.6. The van der Waals surface area contributed by atoms with Crippen LogP contribution in [0.3, 0.4) is 0 Å². The SMILES string of the molecule is CCS(=O)(=O)Nc1ccc(OC(F)F)cc1C. The smallest absolute Gasteiger partial charge is 0.387 e. The van der Waals surface area contributed by atoms with Crippen molar-refractivity contribution in [1.29, 1.82) is 0 Å². The quantitative estimate of drug-likeness (QED) is 0.889. The number of sulfonamides is 1. The predicted octanol–water partition coefficient (Wildman–Crippen LogP) is 2.36. The number of nitrogens with one attached hydrogen (secondary N) is 1. The first-order valence-corrected chi connectivity index (χ1v) is 6.55. The molecule has 0 spiro atoms. The molecule has 0 saturated carbocycles. The zero-order valence-corrected chi connectivity index (χ0v) is 10.2. The van der Waals surface area contributed by atoms with E-state index in [1.54, 1.807) is 6.92 Å². The van der Waals surface area contributed by atoms with Crippen LogP contribution >= 0.6 is 0 Å². The lowest BCUT2D eigenvalue weighted by Gasteiger charge is -2.11. The zero-order valence-electron chi connectivity index (χ0n) is 9.41. The Balaban J connectivity index is 2.91. The van der Waals surface area contributed by atoms with Crippen LogP contribution in [0.2, 0.25) is 0 Å². The molecule has 0 amide bonds. The van der Waals surface area contributed by atoms with E-state index in [1.165, 1.54) is 25.1 Å². The van der Waals surface area contributed by atoms with Crippen LogP contribution in [0.15, 0.2) is 18.2 Å². The molecule has 0 aliphatic heterocycles. The van der Waals surface area contributed by atoms with E-state index in [0.29, 0.717) is 11.3 Å². The van der Waals surface area contributed by atoms with Crippen molar-refractivity contribution < 1.29 is 21.9 Å². The summed E-state index contributed by atoms with van der Waals surface area (Å²) in [7, 11) is -3.37. The van der Waals surface area contributed by atoms with Crippen molar-refractivity contribution in [2.75, 3.05) is 10.5 Å². The molecule has 0 radical (unpaired) electrons. The Morgan fingerprint density at radius 1 is 1.41 bits per heavy atom. The molecule has 1 aromatic carbocycles. The molecule has 4 nitrogen and oxygen atoms in total. The Morgan fingerprint density at radius 2 is 2.06 bits per heavy atom. The number of rotatable bonds is 5. The molecular formula is C10H13F2NO3S. The zero-order chi connectivity index (χ0) is 13.1. The van der Waals surface area contributed by atoms with Gasteiger partial charge in [-0.15, -0.1) is 0 Å². The van der Waals surface area contributed by atoms with Crippen LogP contribution in [-0.2, 0) is 10.0 Å². The van der Waals surface area contributed by atoms with Gasteiger partial charge in [0.15, 0.2) is 0 Å². The Bertz CT molecular complexity index is 488. The van der Waals surface area contributed by atoms with Crippen LogP contribution in [0, 0.1) is 6.92 Å². The Hall–Kier alpha value is -1.37. The number of hydrogen-bond donors (Lipinski definition) is 1. The number of hydrogen-bond acceptors (Lipinski definition) is 3. The van der Waals surface area contributed by atoms with Gasteiger partial charge < -0.3 is 4.74 Å². The molecule has 17 heavy (non-hydrogen) atoms. The van der Waals surface area contributed by atoms with E-state index in [1.807, 2.05) is 0 Å². The van der Waals surface area contributed by atoms with Crippen molar-refractivity contribution in [2.24, 2.45) is 0 Å². The molecule has 0 fully saturated rings. The van der Waals surface area contributed by atoms with Gasteiger partial charge in [-0.05, 0) is 37.6 Å². The van der Waals surface area contributed by atoms with E-state index in [4.69, 9.17) is 0 Å². The second-order valence-electron chi connectivity index (χ2n) is 3.36. The molecule has 1 N–H and O–H groups in total. The summed E-state index contributed by atoms with van der Waals surface area (Å²) in [5.41, 5.74) is 0.869. The second kappa shape index (κ2) is 5.31. The molecular weight excluding hydrogens is 252 g/mol. The Labute approximate surface area is 98.6 Å². The number of benzene rings is 1. The largest absolute Gasteiger partial charge is 0.435 e. The van der Waals surface area contributed by atoms with Crippen molar-refractivity contribution in [3.05, 3.63) is 23.8 Å². The second-order valence-corrected chi connectivity index (χ2v) is 5.37. The van der Waals surface area contributed by atoms with Crippen LogP contribution in [0.25, 0.3) is 0 Å². The molecule has 96 valence electrons. The van der Waals surface area contributed by atoms with Crippen LogP contribution in [0.5, 0.6) is 5.75 Å². The molecule has 0 bridgehead atoms. The minimum atomic E-state index is -3.37. The summed E-state index contributed by atoms with van der Waals surface area (Å²) < 4.78 is 53.1. The van der Waals surface area contributed by atoms with E-state index in [9.17, 15) is 17.2 Å². The van der Waals surface area contributed by atoms with Gasteiger partial charge in [0.25, 0.3) is 0 Å². The van der Waals surface area contributed by atoms with Crippen LogP contribution in [-0.4, -0.2) is 20.8 Å². The lowest BCUT2D eigenvalue weighted by Crippen LogP contribution is -2.15. The van der Waals surface area contributed by atoms with Crippen molar-refractivity contribution in [1.82, 2.24) is 0 Å². The highest BCUT2D eigenvalue weighted by Crippen LogP contribution is 2.23. The third kappa shape index (κ3) is 4.18. The molecule has 0 heterocycles. The molecule has 1 rings (SSSR count).